The monoisotopic (exact) mass is 1540 g/mol. The summed E-state index contributed by atoms with van der Waals surface area (Å²) < 4.78 is 87.7. The molecule has 9 heterocycles. The molecule has 0 unspecified atom stereocenters. The second kappa shape index (κ2) is 37.7. The summed E-state index contributed by atoms with van der Waals surface area (Å²) in [4.78, 5) is 86.7. The number of aliphatic hydroxyl groups excluding tert-OH is 2. The summed E-state index contributed by atoms with van der Waals surface area (Å²) in [6.07, 6.45) is 42.5. The van der Waals surface area contributed by atoms with Gasteiger partial charge in [-0.15, -0.1) is 19.3 Å². The molecule has 0 amide bonds. The van der Waals surface area contributed by atoms with Crippen LogP contribution in [0.5, 0.6) is 0 Å². The van der Waals surface area contributed by atoms with Crippen molar-refractivity contribution in [3.8, 4) is 37.0 Å². The van der Waals surface area contributed by atoms with E-state index in [4.69, 9.17) is 69.6 Å². The van der Waals surface area contributed by atoms with Crippen molar-refractivity contribution in [1.82, 2.24) is 58.6 Å². The van der Waals surface area contributed by atoms with Crippen molar-refractivity contribution in [2.45, 2.75) is 281 Å². The highest BCUT2D eigenvalue weighted by molar-refractivity contribution is 5.83. The van der Waals surface area contributed by atoms with Crippen LogP contribution in [0.2, 0.25) is 0 Å². The highest BCUT2D eigenvalue weighted by Crippen LogP contribution is 2.46. The number of rotatable bonds is 26. The number of nitrogens with zero attached hydrogens (tertiary/aromatic N) is 12. The molecular weight excluding hydrogens is 1440 g/mol. The number of aliphatic hydroxyl groups is 2. The molecule has 28 nitrogen and oxygen atoms in total. The predicted octanol–water partition coefficient (Wildman–Crippen LogP) is 11.8. The third kappa shape index (κ3) is 19.3. The minimum atomic E-state index is -1.54. The summed E-state index contributed by atoms with van der Waals surface area (Å²) in [6, 6.07) is 0. The standard InChI is InChI=1S/C34H48FN5O5.2C23H30FN5O4/c1-4-7-9-22-11-15-24(16-12-22)31(41)43-20-34(6-3)26(44-32(42)25-17-13-23(14-18-25)10-8-5-2)19-27(45-34)40-21-37-28-29(36)38-33(35)39-30(28)40;1-3-5-6-14-7-9-15(10-8-14)21(31)32-12-23(4-2)16(30)11-17(33-23)29-13-26-18-19(25)27-22(24)28-20(18)29;1-3-5-6-14-7-9-15(10-8-14)21(31)32-16-11-17(33-23(16,4-2)12-30)29-13-26-18-19(25)27-22(24)28-20(18)29/h3,21-27H,4-5,7-20H2,1-2H3,(H2,36,38,39);2*2,13-17,30H,3,5-12H2,1H3,(H2,25,27,28)/t22?,23?,24?,25?,26-,27+,34+;2*14?,15?,16-,17+,23+/m000/s1. The van der Waals surface area contributed by atoms with Gasteiger partial charge in [-0.05, 0) is 126 Å². The Labute approximate surface area is 645 Å². The predicted molar refractivity (Wildman–Crippen MR) is 403 cm³/mol. The Hall–Kier alpha value is -8.80. The average Bonchev–Trinajstić information content (AvgIpc) is 1.62. The Balaban J connectivity index is 0.000000168. The highest BCUT2D eigenvalue weighted by atomic mass is 19.1. The number of halogens is 3. The first-order valence-electron chi connectivity index (χ1n) is 40.0. The van der Waals surface area contributed by atoms with Crippen LogP contribution in [0.15, 0.2) is 19.0 Å². The molecule has 31 heteroatoms. The number of esters is 4. The number of hydrogen-bond acceptors (Lipinski definition) is 25. The molecule has 7 aliphatic rings. The molecule has 13 rings (SSSR count). The Morgan fingerprint density at radius 3 is 1.06 bits per heavy atom. The number of fused-ring (bicyclic) bond motifs is 3. The van der Waals surface area contributed by atoms with Gasteiger partial charge >= 0.3 is 42.1 Å². The fourth-order valence-electron chi connectivity index (χ4n) is 17.1. The van der Waals surface area contributed by atoms with E-state index in [1.807, 2.05) is 0 Å². The van der Waals surface area contributed by atoms with Gasteiger partial charge in [-0.3, -0.25) is 32.9 Å². The maximum atomic E-state index is 14.1. The van der Waals surface area contributed by atoms with Crippen molar-refractivity contribution in [2.75, 3.05) is 37.0 Å². The Morgan fingerprint density at radius 2 is 0.748 bits per heavy atom. The maximum Gasteiger partial charge on any atom is 0.312 e. The summed E-state index contributed by atoms with van der Waals surface area (Å²) in [5, 5.41) is 20.8. The highest BCUT2D eigenvalue weighted by Gasteiger charge is 2.55. The number of carbonyl (C=O) groups is 4. The van der Waals surface area contributed by atoms with Gasteiger partial charge in [0.2, 0.25) is 5.60 Å². The largest absolute Gasteiger partial charge is 0.461 e. The smallest absolute Gasteiger partial charge is 0.312 e. The lowest BCUT2D eigenvalue weighted by Gasteiger charge is -2.32. The van der Waals surface area contributed by atoms with Gasteiger partial charge in [0.15, 0.2) is 62.1 Å². The van der Waals surface area contributed by atoms with Gasteiger partial charge in [0, 0.05) is 19.3 Å². The minimum absolute atomic E-state index is 0.0846. The topological polar surface area (TPSA) is 382 Å². The molecule has 7 fully saturated rings. The van der Waals surface area contributed by atoms with Crippen LogP contribution >= 0.6 is 0 Å². The van der Waals surface area contributed by atoms with Gasteiger partial charge in [-0.25, -0.2) is 15.0 Å². The molecule has 3 saturated heterocycles. The molecule has 3 aliphatic heterocycles. The fourth-order valence-corrected chi connectivity index (χ4v) is 17.1. The van der Waals surface area contributed by atoms with E-state index in [2.05, 4.69) is 90.3 Å². The summed E-state index contributed by atoms with van der Waals surface area (Å²) in [6.45, 7) is 7.68. The lowest BCUT2D eigenvalue weighted by molar-refractivity contribution is -0.173. The first-order chi connectivity index (χ1) is 53.5. The molecule has 0 radical (unpaired) electrons. The number of ether oxygens (including phenoxy) is 7. The van der Waals surface area contributed by atoms with Crippen molar-refractivity contribution in [3.05, 3.63) is 37.2 Å². The zero-order valence-corrected chi connectivity index (χ0v) is 64.2. The molecule has 9 atom stereocenters. The third-order valence-corrected chi connectivity index (χ3v) is 24.0. The van der Waals surface area contributed by atoms with Gasteiger partial charge in [0.25, 0.3) is 0 Å². The van der Waals surface area contributed by atoms with Crippen molar-refractivity contribution in [2.24, 2.45) is 47.3 Å². The molecular formula is C80H108F3N15O13. The molecule has 602 valence electrons. The van der Waals surface area contributed by atoms with Crippen LogP contribution in [-0.2, 0) is 52.3 Å². The summed E-state index contributed by atoms with van der Waals surface area (Å²) >= 11 is 0. The number of imidazole rings is 3. The molecule has 0 aromatic carbocycles. The molecule has 111 heavy (non-hydrogen) atoms. The second-order valence-electron chi connectivity index (χ2n) is 31.3. The zero-order valence-electron chi connectivity index (χ0n) is 64.2. The van der Waals surface area contributed by atoms with Gasteiger partial charge in [-0.2, -0.15) is 43.1 Å². The molecule has 0 spiro atoms. The lowest BCUT2D eigenvalue weighted by Crippen LogP contribution is -2.46. The van der Waals surface area contributed by atoms with Crippen LogP contribution in [0, 0.1) is 103 Å². The van der Waals surface area contributed by atoms with Gasteiger partial charge in [-0.1, -0.05) is 123 Å². The van der Waals surface area contributed by atoms with E-state index in [0.717, 1.165) is 103 Å². The molecule has 4 saturated carbocycles. The summed E-state index contributed by atoms with van der Waals surface area (Å²) in [7, 11) is 0. The van der Waals surface area contributed by atoms with Gasteiger partial charge in [0.05, 0.1) is 49.3 Å². The number of terminal acetylenes is 3. The Kier molecular flexibility index (Phi) is 28.2. The van der Waals surface area contributed by atoms with E-state index < -0.39 is 78.6 Å². The molecule has 6 aromatic rings. The van der Waals surface area contributed by atoms with E-state index in [9.17, 15) is 42.6 Å². The fraction of sp³-hybridized carbons (Fsp3) is 0.688. The van der Waals surface area contributed by atoms with E-state index in [1.165, 1.54) is 110 Å². The SMILES string of the molecule is C#C[C@]1(CO)O[C@@H](n2cnc3c(N)nc(F)nc32)C[C@@H]1OC(=O)C1CCC(CCCC)CC1.C#C[C@]1(COC(=O)C2CCC(CCCC)CC2)O[C@@H](n2cnc3c(N)nc(F)nc32)C[C@@H]1O.C#C[C@]1(COC(=O)C2CCC(CCCC)CC2)O[C@@H](n2cnc3c(N)nc(F)nc32)C[C@@H]1OC(=O)C1CCC(CCCC)CC1. The number of hydrogen-bond donors (Lipinski definition) is 5. The van der Waals surface area contributed by atoms with Gasteiger partial charge < -0.3 is 60.6 Å². The number of unbranched alkanes of at least 4 members (excludes halogenated alkanes) is 4. The number of anilines is 3. The van der Waals surface area contributed by atoms with Crippen LogP contribution in [0.25, 0.3) is 33.5 Å². The van der Waals surface area contributed by atoms with E-state index in [0.29, 0.717) is 23.7 Å². The van der Waals surface area contributed by atoms with Crippen LogP contribution in [0.3, 0.4) is 0 Å². The first-order valence-corrected chi connectivity index (χ1v) is 40.0. The minimum Gasteiger partial charge on any atom is -0.461 e. The summed E-state index contributed by atoms with van der Waals surface area (Å²) in [5.41, 5.74) is 13.8. The first kappa shape index (κ1) is 83.1. The quantitative estimate of drug-likeness (QED) is 0.0146. The van der Waals surface area contributed by atoms with Crippen molar-refractivity contribution >= 4 is 74.8 Å². The zero-order chi connectivity index (χ0) is 79.2. The Bertz CT molecular complexity index is 4290. The molecule has 6 aromatic heterocycles. The van der Waals surface area contributed by atoms with E-state index in [1.54, 1.807) is 0 Å². The third-order valence-electron chi connectivity index (χ3n) is 24.0. The lowest BCUT2D eigenvalue weighted by atomic mass is 9.80. The van der Waals surface area contributed by atoms with Crippen LogP contribution in [0.4, 0.5) is 30.6 Å². The molecule has 8 N–H and O–H groups in total. The van der Waals surface area contributed by atoms with Crippen LogP contribution in [-0.4, -0.2) is 148 Å². The van der Waals surface area contributed by atoms with Crippen molar-refractivity contribution in [3.63, 3.8) is 0 Å². The van der Waals surface area contributed by atoms with E-state index in [-0.39, 0.29) is 131 Å². The summed E-state index contributed by atoms with van der Waals surface area (Å²) in [5.74, 6) is 7.92. The average molecular weight is 1540 g/mol. The number of aromatic nitrogens is 12. The second-order valence-corrected chi connectivity index (χ2v) is 31.3. The molecule has 4 aliphatic carbocycles. The number of nitrogens with two attached hydrogens (primary N) is 3. The number of carbonyl (C=O) groups excluding carboxylic acids is 4. The van der Waals surface area contributed by atoms with E-state index >= 15 is 0 Å². The number of nitrogen functional groups attached to an aromatic ring is 3. The Morgan fingerprint density at radius 1 is 0.459 bits per heavy atom. The van der Waals surface area contributed by atoms with Crippen LogP contribution < -0.4 is 17.2 Å². The maximum absolute atomic E-state index is 14.1. The van der Waals surface area contributed by atoms with Crippen molar-refractivity contribution < 1.29 is 75.7 Å². The van der Waals surface area contributed by atoms with Crippen LogP contribution in [0.1, 0.15) is 245 Å². The van der Waals surface area contributed by atoms with Gasteiger partial charge in [0.1, 0.15) is 50.2 Å². The van der Waals surface area contributed by atoms with Crippen molar-refractivity contribution in [1.29, 1.82) is 0 Å². The normalized spacial score (nSPS) is 29.9. The molecule has 0 bridgehead atoms.